The number of nitrogens with zero attached hydrogens (tertiary/aromatic N) is 2. The second kappa shape index (κ2) is 6.04. The van der Waals surface area contributed by atoms with Crippen molar-refractivity contribution in [3.05, 3.63) is 66.5 Å². The molecule has 0 amide bonds. The second-order valence-electron chi connectivity index (χ2n) is 5.15. The first-order chi connectivity index (χ1) is 11.3. The first kappa shape index (κ1) is 16.1. The van der Waals surface area contributed by atoms with Gasteiger partial charge in [0.05, 0.1) is 11.9 Å². The van der Waals surface area contributed by atoms with Gasteiger partial charge in [-0.25, -0.2) is 17.2 Å². The fourth-order valence-electron chi connectivity index (χ4n) is 2.21. The van der Waals surface area contributed by atoms with Crippen molar-refractivity contribution in [2.24, 2.45) is 7.05 Å². The lowest BCUT2D eigenvalue weighted by Crippen LogP contribution is -2.13. The Morgan fingerprint density at radius 3 is 2.33 bits per heavy atom. The summed E-state index contributed by atoms with van der Waals surface area (Å²) in [7, 11) is -2.28. The molecule has 0 saturated heterocycles. The fraction of sp³-hybridized carbons (Fsp3) is 0.0625. The molecule has 0 unspecified atom stereocenters. The van der Waals surface area contributed by atoms with Gasteiger partial charge in [0.1, 0.15) is 16.5 Å². The van der Waals surface area contributed by atoms with Gasteiger partial charge in [-0.2, -0.15) is 5.10 Å². The molecule has 8 heteroatoms. The molecule has 3 aromatic rings. The lowest BCUT2D eigenvalue weighted by molar-refractivity contribution is 0.600. The normalized spacial score (nSPS) is 11.5. The summed E-state index contributed by atoms with van der Waals surface area (Å²) in [5.41, 5.74) is 0.981. The molecule has 5 nitrogen and oxygen atoms in total. The van der Waals surface area contributed by atoms with Gasteiger partial charge < -0.3 is 0 Å². The molecule has 0 fully saturated rings. The van der Waals surface area contributed by atoms with Gasteiger partial charge in [-0.05, 0) is 35.9 Å². The SMILES string of the molecule is Cn1cc(S(=O)(=O)Nc2ccc(F)cc2-c2ccc(F)cc2)cn1. The lowest BCUT2D eigenvalue weighted by atomic mass is 10.0. The molecule has 3 rings (SSSR count). The maximum Gasteiger partial charge on any atom is 0.265 e. The van der Waals surface area contributed by atoms with Crippen LogP contribution in [0.4, 0.5) is 14.5 Å². The highest BCUT2D eigenvalue weighted by atomic mass is 32.2. The molecule has 0 aliphatic rings. The third-order valence-electron chi connectivity index (χ3n) is 3.37. The van der Waals surface area contributed by atoms with E-state index in [9.17, 15) is 17.2 Å². The van der Waals surface area contributed by atoms with Gasteiger partial charge in [0.15, 0.2) is 0 Å². The average Bonchev–Trinajstić information content (AvgIpc) is 2.97. The fourth-order valence-corrected chi connectivity index (χ4v) is 3.28. The first-order valence-electron chi connectivity index (χ1n) is 6.92. The minimum atomic E-state index is -3.87. The maximum absolute atomic E-state index is 13.6. The van der Waals surface area contributed by atoms with Gasteiger partial charge in [0.2, 0.25) is 0 Å². The molecule has 24 heavy (non-hydrogen) atoms. The van der Waals surface area contributed by atoms with Gasteiger partial charge in [-0.3, -0.25) is 9.40 Å². The number of nitrogens with one attached hydrogen (secondary N) is 1. The van der Waals surface area contributed by atoms with Crippen molar-refractivity contribution in [3.63, 3.8) is 0 Å². The lowest BCUT2D eigenvalue weighted by Gasteiger charge is -2.12. The monoisotopic (exact) mass is 349 g/mol. The van der Waals surface area contributed by atoms with E-state index in [0.29, 0.717) is 11.1 Å². The number of hydrogen-bond acceptors (Lipinski definition) is 3. The summed E-state index contributed by atoms with van der Waals surface area (Å²) in [5, 5.41) is 3.82. The predicted octanol–water partition coefficient (Wildman–Crippen LogP) is 3.17. The van der Waals surface area contributed by atoms with Crippen molar-refractivity contribution in [1.82, 2.24) is 9.78 Å². The van der Waals surface area contributed by atoms with Crippen molar-refractivity contribution in [2.45, 2.75) is 4.90 Å². The Balaban J connectivity index is 2.04. The van der Waals surface area contributed by atoms with E-state index in [1.165, 1.54) is 53.5 Å². The quantitative estimate of drug-likeness (QED) is 0.787. The molecule has 0 radical (unpaired) electrons. The molecule has 0 aliphatic heterocycles. The molecule has 2 aromatic carbocycles. The smallest absolute Gasteiger partial charge is 0.265 e. The van der Waals surface area contributed by atoms with Crippen LogP contribution in [-0.2, 0) is 17.1 Å². The third kappa shape index (κ3) is 3.28. The number of benzene rings is 2. The summed E-state index contributed by atoms with van der Waals surface area (Å²) in [5.74, 6) is -0.966. The summed E-state index contributed by atoms with van der Waals surface area (Å²) in [4.78, 5) is -0.0145. The average molecular weight is 349 g/mol. The van der Waals surface area contributed by atoms with Gasteiger partial charge in [-0.1, -0.05) is 12.1 Å². The van der Waals surface area contributed by atoms with Crippen molar-refractivity contribution < 1.29 is 17.2 Å². The van der Waals surface area contributed by atoms with Gasteiger partial charge in [0, 0.05) is 18.8 Å². The van der Waals surface area contributed by atoms with E-state index in [2.05, 4.69) is 9.82 Å². The second-order valence-corrected chi connectivity index (χ2v) is 6.83. The van der Waals surface area contributed by atoms with Crippen LogP contribution in [0.5, 0.6) is 0 Å². The molecule has 124 valence electrons. The van der Waals surface area contributed by atoms with E-state index < -0.39 is 21.7 Å². The number of anilines is 1. The highest BCUT2D eigenvalue weighted by Gasteiger charge is 2.18. The van der Waals surface area contributed by atoms with Crippen molar-refractivity contribution >= 4 is 15.7 Å². The maximum atomic E-state index is 13.6. The van der Waals surface area contributed by atoms with E-state index >= 15 is 0 Å². The van der Waals surface area contributed by atoms with Crippen LogP contribution in [0.25, 0.3) is 11.1 Å². The van der Waals surface area contributed by atoms with Crippen LogP contribution < -0.4 is 4.72 Å². The van der Waals surface area contributed by atoms with Crippen molar-refractivity contribution in [3.8, 4) is 11.1 Å². The van der Waals surface area contributed by atoms with E-state index in [4.69, 9.17) is 0 Å². The van der Waals surface area contributed by atoms with Crippen LogP contribution >= 0.6 is 0 Å². The summed E-state index contributed by atoms with van der Waals surface area (Å²) in [6.07, 6.45) is 2.56. The van der Waals surface area contributed by atoms with Gasteiger partial charge in [0.25, 0.3) is 10.0 Å². The number of halogens is 2. The Morgan fingerprint density at radius 2 is 1.71 bits per heavy atom. The Hall–Kier alpha value is -2.74. The van der Waals surface area contributed by atoms with Crippen LogP contribution in [0.1, 0.15) is 0 Å². The summed E-state index contributed by atoms with van der Waals surface area (Å²) in [6, 6.07) is 9.00. The summed E-state index contributed by atoms with van der Waals surface area (Å²) < 4.78 is 55.3. The summed E-state index contributed by atoms with van der Waals surface area (Å²) in [6.45, 7) is 0. The molecule has 0 atom stereocenters. The van der Waals surface area contributed by atoms with Crippen LogP contribution in [0.2, 0.25) is 0 Å². The Kier molecular flexibility index (Phi) is 4.06. The van der Waals surface area contributed by atoms with Crippen LogP contribution in [0.3, 0.4) is 0 Å². The number of aromatic nitrogens is 2. The van der Waals surface area contributed by atoms with Crippen LogP contribution in [0.15, 0.2) is 59.8 Å². The molecular weight excluding hydrogens is 336 g/mol. The topological polar surface area (TPSA) is 64.0 Å². The van der Waals surface area contributed by atoms with Crippen LogP contribution in [0, 0.1) is 11.6 Å². The molecule has 0 bridgehead atoms. The third-order valence-corrected chi connectivity index (χ3v) is 4.69. The standard InChI is InChI=1S/C16H13F2N3O2S/c1-21-10-14(9-19-21)24(22,23)20-16-7-6-13(18)8-15(16)11-2-4-12(17)5-3-11/h2-10,20H,1H3. The Bertz CT molecular complexity index is 983. The Morgan fingerprint density at radius 1 is 1.04 bits per heavy atom. The summed E-state index contributed by atoms with van der Waals surface area (Å²) >= 11 is 0. The molecule has 1 aromatic heterocycles. The predicted molar refractivity (Wildman–Crippen MR) is 85.8 cm³/mol. The van der Waals surface area contributed by atoms with E-state index in [1.54, 1.807) is 7.05 Å². The molecular formula is C16H13F2N3O2S. The highest BCUT2D eigenvalue weighted by molar-refractivity contribution is 7.92. The highest BCUT2D eigenvalue weighted by Crippen LogP contribution is 2.30. The molecule has 1 heterocycles. The largest absolute Gasteiger partial charge is 0.279 e. The van der Waals surface area contributed by atoms with Gasteiger partial charge in [-0.15, -0.1) is 0 Å². The molecule has 0 spiro atoms. The molecule has 1 N–H and O–H groups in total. The van der Waals surface area contributed by atoms with Crippen molar-refractivity contribution in [1.29, 1.82) is 0 Å². The van der Waals surface area contributed by atoms with E-state index in [1.807, 2.05) is 0 Å². The number of aryl methyl sites for hydroxylation is 1. The minimum absolute atomic E-state index is 0.0145. The number of sulfonamides is 1. The van der Waals surface area contributed by atoms with Crippen molar-refractivity contribution in [2.75, 3.05) is 4.72 Å². The zero-order valence-electron chi connectivity index (χ0n) is 12.6. The van der Waals surface area contributed by atoms with Gasteiger partial charge >= 0.3 is 0 Å². The van der Waals surface area contributed by atoms with Crippen LogP contribution in [-0.4, -0.2) is 18.2 Å². The van der Waals surface area contributed by atoms with E-state index in [0.717, 1.165) is 6.07 Å². The first-order valence-corrected chi connectivity index (χ1v) is 8.40. The zero-order valence-corrected chi connectivity index (χ0v) is 13.4. The Labute approximate surface area is 137 Å². The molecule has 0 aliphatic carbocycles. The van der Waals surface area contributed by atoms with E-state index in [-0.39, 0.29) is 10.6 Å². The molecule has 0 saturated carbocycles. The number of hydrogen-bond donors (Lipinski definition) is 1. The zero-order chi connectivity index (χ0) is 17.3. The number of rotatable bonds is 4. The minimum Gasteiger partial charge on any atom is -0.279 e.